The summed E-state index contributed by atoms with van der Waals surface area (Å²) in [5, 5.41) is 13.7. The Morgan fingerprint density at radius 1 is 1.42 bits per heavy atom. The number of aliphatic carboxylic acids is 1. The van der Waals surface area contributed by atoms with E-state index in [0.717, 1.165) is 22.6 Å². The molecule has 0 amide bonds. The monoisotopic (exact) mass is 332 g/mol. The highest BCUT2D eigenvalue weighted by Crippen LogP contribution is 2.25. The van der Waals surface area contributed by atoms with Gasteiger partial charge in [0.15, 0.2) is 0 Å². The van der Waals surface area contributed by atoms with Gasteiger partial charge in [-0.3, -0.25) is 9.69 Å². The average Bonchev–Trinajstić information content (AvgIpc) is 3.03. The molecule has 24 heavy (non-hydrogen) atoms. The summed E-state index contributed by atoms with van der Waals surface area (Å²) >= 11 is 0. The summed E-state index contributed by atoms with van der Waals surface area (Å²) in [6, 6.07) is 6.54. The minimum Gasteiger partial charge on any atom is -0.480 e. The van der Waals surface area contributed by atoms with E-state index in [9.17, 15) is 14.3 Å². The van der Waals surface area contributed by atoms with Crippen molar-refractivity contribution in [1.29, 1.82) is 0 Å². The van der Waals surface area contributed by atoms with Crippen LogP contribution in [0.5, 0.6) is 0 Å². The van der Waals surface area contributed by atoms with Gasteiger partial charge in [0.05, 0.1) is 11.4 Å². The number of nitrogens with zero attached hydrogens (tertiary/aromatic N) is 3. The Hall–Kier alpha value is -2.25. The Morgan fingerprint density at radius 2 is 2.17 bits per heavy atom. The Morgan fingerprint density at radius 3 is 2.75 bits per heavy atom. The number of hydrogen-bond acceptors (Lipinski definition) is 4. The zero-order valence-electron chi connectivity index (χ0n) is 13.8. The van der Waals surface area contributed by atoms with Crippen LogP contribution < -0.4 is 5.73 Å². The van der Waals surface area contributed by atoms with Gasteiger partial charge in [-0.1, -0.05) is 0 Å². The normalized spacial score (nSPS) is 21.3. The molecule has 0 spiro atoms. The van der Waals surface area contributed by atoms with Gasteiger partial charge in [-0.25, -0.2) is 9.07 Å². The number of halogens is 1. The molecule has 0 saturated carbocycles. The van der Waals surface area contributed by atoms with Crippen LogP contribution in [0.15, 0.2) is 24.3 Å². The summed E-state index contributed by atoms with van der Waals surface area (Å²) in [6.45, 7) is 5.09. The van der Waals surface area contributed by atoms with Crippen molar-refractivity contribution < 1.29 is 14.3 Å². The van der Waals surface area contributed by atoms with Crippen LogP contribution in [0.2, 0.25) is 0 Å². The van der Waals surface area contributed by atoms with Crippen LogP contribution in [0.3, 0.4) is 0 Å². The van der Waals surface area contributed by atoms with Gasteiger partial charge in [0, 0.05) is 25.3 Å². The summed E-state index contributed by atoms with van der Waals surface area (Å²) in [6.07, 6.45) is 0.382. The fourth-order valence-corrected chi connectivity index (χ4v) is 3.23. The van der Waals surface area contributed by atoms with Gasteiger partial charge in [0.1, 0.15) is 11.4 Å². The van der Waals surface area contributed by atoms with Gasteiger partial charge in [-0.2, -0.15) is 5.10 Å². The molecule has 128 valence electrons. The van der Waals surface area contributed by atoms with Crippen molar-refractivity contribution in [1.82, 2.24) is 14.7 Å². The molecule has 3 N–H and O–H groups in total. The summed E-state index contributed by atoms with van der Waals surface area (Å²) < 4.78 is 15.5. The number of carbonyl (C=O) groups is 1. The maximum absolute atomic E-state index is 13.8. The average molecular weight is 332 g/mol. The Balaban J connectivity index is 1.90. The molecule has 0 bridgehead atoms. The largest absolute Gasteiger partial charge is 0.480 e. The van der Waals surface area contributed by atoms with E-state index in [2.05, 4.69) is 5.10 Å². The van der Waals surface area contributed by atoms with Gasteiger partial charge < -0.3 is 10.8 Å². The van der Waals surface area contributed by atoms with Crippen LogP contribution in [0.25, 0.3) is 5.69 Å². The van der Waals surface area contributed by atoms with Gasteiger partial charge >= 0.3 is 5.97 Å². The number of nitrogens with two attached hydrogens (primary N) is 1. The number of aryl methyl sites for hydroxylation is 2. The fourth-order valence-electron chi connectivity index (χ4n) is 3.23. The SMILES string of the molecule is Cc1cc(C)n(-c2ccc(F)cc2CN2CC[C@@](N)(C(=O)O)C2)n1. The highest BCUT2D eigenvalue weighted by Gasteiger charge is 2.41. The van der Waals surface area contributed by atoms with E-state index >= 15 is 0 Å². The molecule has 1 saturated heterocycles. The Bertz CT molecular complexity index is 789. The number of carboxylic acids is 1. The summed E-state index contributed by atoms with van der Waals surface area (Å²) in [5.74, 6) is -1.32. The van der Waals surface area contributed by atoms with E-state index < -0.39 is 11.5 Å². The fraction of sp³-hybridized carbons (Fsp3) is 0.412. The maximum atomic E-state index is 13.8. The molecule has 6 nitrogen and oxygen atoms in total. The third-order valence-corrected chi connectivity index (χ3v) is 4.48. The van der Waals surface area contributed by atoms with Crippen LogP contribution in [0.4, 0.5) is 4.39 Å². The minimum atomic E-state index is -1.23. The zero-order valence-corrected chi connectivity index (χ0v) is 13.8. The lowest BCUT2D eigenvalue weighted by molar-refractivity contribution is -0.142. The van der Waals surface area contributed by atoms with Gasteiger partial charge in [-0.15, -0.1) is 0 Å². The number of aromatic nitrogens is 2. The molecule has 2 heterocycles. The summed E-state index contributed by atoms with van der Waals surface area (Å²) in [5.41, 5.74) is 8.09. The first-order valence-electron chi connectivity index (χ1n) is 7.85. The highest BCUT2D eigenvalue weighted by atomic mass is 19.1. The molecule has 2 aromatic rings. The first-order valence-corrected chi connectivity index (χ1v) is 7.85. The van der Waals surface area contributed by atoms with Crippen LogP contribution >= 0.6 is 0 Å². The standard InChI is InChI=1S/C17H21FN4O2/c1-11-7-12(2)22(20-11)15-4-3-14(18)8-13(15)9-21-6-5-17(19,10-21)16(23)24/h3-4,7-8H,5-6,9-10,19H2,1-2H3,(H,23,24)/t17-/m0/s1. The lowest BCUT2D eigenvalue weighted by atomic mass is 10.0. The molecule has 0 unspecified atom stereocenters. The van der Waals surface area contributed by atoms with E-state index in [4.69, 9.17) is 5.73 Å². The second-order valence-corrected chi connectivity index (χ2v) is 6.53. The molecule has 3 rings (SSSR count). The molecular formula is C17H21FN4O2. The molecule has 0 radical (unpaired) electrons. The Kier molecular flexibility index (Phi) is 4.15. The smallest absolute Gasteiger partial charge is 0.325 e. The van der Waals surface area contributed by atoms with Crippen molar-refractivity contribution in [2.75, 3.05) is 13.1 Å². The summed E-state index contributed by atoms with van der Waals surface area (Å²) in [7, 11) is 0. The van der Waals surface area contributed by atoms with Crippen molar-refractivity contribution in [3.63, 3.8) is 0 Å². The number of carboxylic acid groups (broad SMARTS) is 1. The molecule has 1 aliphatic heterocycles. The van der Waals surface area contributed by atoms with Crippen molar-refractivity contribution >= 4 is 5.97 Å². The quantitative estimate of drug-likeness (QED) is 0.889. The minimum absolute atomic E-state index is 0.245. The van der Waals surface area contributed by atoms with Crippen LogP contribution in [-0.2, 0) is 11.3 Å². The van der Waals surface area contributed by atoms with E-state index in [0.29, 0.717) is 19.5 Å². The van der Waals surface area contributed by atoms with Crippen molar-refractivity contribution in [2.24, 2.45) is 5.73 Å². The predicted molar refractivity (Wildman–Crippen MR) is 87.4 cm³/mol. The second kappa shape index (κ2) is 5.99. The van der Waals surface area contributed by atoms with E-state index in [-0.39, 0.29) is 12.4 Å². The highest BCUT2D eigenvalue weighted by molar-refractivity contribution is 5.79. The topological polar surface area (TPSA) is 84.4 Å². The van der Waals surface area contributed by atoms with E-state index in [1.165, 1.54) is 12.1 Å². The first kappa shape index (κ1) is 16.6. The number of likely N-dealkylation sites (tertiary alicyclic amines) is 1. The van der Waals surface area contributed by atoms with Gasteiger partial charge in [0.2, 0.25) is 0 Å². The molecule has 1 aromatic carbocycles. The van der Waals surface area contributed by atoms with Crippen molar-refractivity contribution in [3.8, 4) is 5.69 Å². The van der Waals surface area contributed by atoms with Gasteiger partial charge in [-0.05, 0) is 50.1 Å². The first-order chi connectivity index (χ1) is 11.3. The third-order valence-electron chi connectivity index (χ3n) is 4.48. The van der Waals surface area contributed by atoms with Gasteiger partial charge in [0.25, 0.3) is 0 Å². The number of benzene rings is 1. The third kappa shape index (κ3) is 3.05. The molecule has 1 fully saturated rings. The zero-order chi connectivity index (χ0) is 17.5. The molecule has 1 aliphatic rings. The lowest BCUT2D eigenvalue weighted by Crippen LogP contribution is -2.50. The number of rotatable bonds is 4. The number of hydrogen-bond donors (Lipinski definition) is 2. The van der Waals surface area contributed by atoms with Crippen molar-refractivity contribution in [2.45, 2.75) is 32.4 Å². The van der Waals surface area contributed by atoms with Crippen LogP contribution in [0, 0.1) is 19.7 Å². The maximum Gasteiger partial charge on any atom is 0.325 e. The second-order valence-electron chi connectivity index (χ2n) is 6.53. The molecule has 1 aromatic heterocycles. The molecule has 0 aliphatic carbocycles. The van der Waals surface area contributed by atoms with E-state index in [1.807, 2.05) is 24.8 Å². The predicted octanol–water partition coefficient (Wildman–Crippen LogP) is 1.62. The van der Waals surface area contributed by atoms with E-state index in [1.54, 1.807) is 10.7 Å². The molecule has 1 atom stereocenters. The Labute approximate surface area is 139 Å². The molecular weight excluding hydrogens is 311 g/mol. The molecule has 7 heteroatoms. The summed E-state index contributed by atoms with van der Waals surface area (Å²) in [4.78, 5) is 13.2. The van der Waals surface area contributed by atoms with Crippen molar-refractivity contribution in [3.05, 3.63) is 47.0 Å². The lowest BCUT2D eigenvalue weighted by Gasteiger charge is -2.21. The van der Waals surface area contributed by atoms with Crippen LogP contribution in [-0.4, -0.2) is 44.4 Å². The van der Waals surface area contributed by atoms with Crippen LogP contribution in [0.1, 0.15) is 23.4 Å².